The number of halogens is 1. The van der Waals surface area contributed by atoms with Crippen LogP contribution < -0.4 is 5.43 Å². The monoisotopic (exact) mass is 268 g/mol. The molecule has 0 bridgehead atoms. The number of hydrogen-bond acceptors (Lipinski definition) is 2. The first kappa shape index (κ1) is 12.6. The van der Waals surface area contributed by atoms with E-state index in [1.54, 1.807) is 12.1 Å². The zero-order valence-corrected chi connectivity index (χ0v) is 11.2. The molecule has 0 aliphatic heterocycles. The van der Waals surface area contributed by atoms with Crippen LogP contribution in [-0.2, 0) is 0 Å². The Hall–Kier alpha value is -2.42. The van der Waals surface area contributed by atoms with Crippen LogP contribution in [0.25, 0.3) is 22.3 Å². The molecule has 1 aromatic heterocycles. The normalized spacial score (nSPS) is 10.9. The average Bonchev–Trinajstić information content (AvgIpc) is 2.37. The standard InChI is InChI=1S/C17H13FO2/c1-10-6-11(2)17-14(19)9-15(20-16(17)7-10)12-4-3-5-13(18)8-12/h3-9H,1-2H3. The van der Waals surface area contributed by atoms with Crippen molar-refractivity contribution in [3.63, 3.8) is 0 Å². The van der Waals surface area contributed by atoms with Gasteiger partial charge in [-0.15, -0.1) is 0 Å². The molecule has 100 valence electrons. The first-order valence-electron chi connectivity index (χ1n) is 6.35. The first-order chi connectivity index (χ1) is 9.54. The van der Waals surface area contributed by atoms with Crippen molar-refractivity contribution in [1.82, 2.24) is 0 Å². The zero-order chi connectivity index (χ0) is 14.3. The molecule has 0 unspecified atom stereocenters. The van der Waals surface area contributed by atoms with Gasteiger partial charge in [0.1, 0.15) is 17.2 Å². The van der Waals surface area contributed by atoms with Crippen molar-refractivity contribution in [2.24, 2.45) is 0 Å². The molecule has 0 fully saturated rings. The summed E-state index contributed by atoms with van der Waals surface area (Å²) in [6.07, 6.45) is 0. The van der Waals surface area contributed by atoms with Crippen molar-refractivity contribution < 1.29 is 8.81 Å². The van der Waals surface area contributed by atoms with Crippen LogP contribution in [-0.4, -0.2) is 0 Å². The smallest absolute Gasteiger partial charge is 0.193 e. The van der Waals surface area contributed by atoms with E-state index in [0.29, 0.717) is 22.3 Å². The van der Waals surface area contributed by atoms with Gasteiger partial charge in [0.2, 0.25) is 0 Å². The van der Waals surface area contributed by atoms with Crippen LogP contribution in [0.15, 0.2) is 51.7 Å². The minimum absolute atomic E-state index is 0.108. The van der Waals surface area contributed by atoms with Gasteiger partial charge in [-0.3, -0.25) is 4.79 Å². The lowest BCUT2D eigenvalue weighted by Gasteiger charge is -2.06. The Labute approximate surface area is 115 Å². The summed E-state index contributed by atoms with van der Waals surface area (Å²) in [5.41, 5.74) is 2.90. The minimum atomic E-state index is -0.356. The van der Waals surface area contributed by atoms with Crippen LogP contribution in [0.2, 0.25) is 0 Å². The highest BCUT2D eigenvalue weighted by molar-refractivity contribution is 5.82. The van der Waals surface area contributed by atoms with Gasteiger partial charge in [0.05, 0.1) is 5.39 Å². The molecule has 3 rings (SSSR count). The van der Waals surface area contributed by atoms with Crippen LogP contribution in [0.3, 0.4) is 0 Å². The Morgan fingerprint density at radius 3 is 2.60 bits per heavy atom. The summed E-state index contributed by atoms with van der Waals surface area (Å²) >= 11 is 0. The van der Waals surface area contributed by atoms with Gasteiger partial charge in [-0.05, 0) is 43.2 Å². The average molecular weight is 268 g/mol. The van der Waals surface area contributed by atoms with Crippen molar-refractivity contribution in [3.8, 4) is 11.3 Å². The molecular weight excluding hydrogens is 255 g/mol. The van der Waals surface area contributed by atoms with Crippen LogP contribution in [0.1, 0.15) is 11.1 Å². The largest absolute Gasteiger partial charge is 0.456 e. The summed E-state index contributed by atoms with van der Waals surface area (Å²) in [5.74, 6) is 0.0256. The van der Waals surface area contributed by atoms with E-state index in [2.05, 4.69) is 0 Å². The summed E-state index contributed by atoms with van der Waals surface area (Å²) in [7, 11) is 0. The molecule has 0 amide bonds. The lowest BCUT2D eigenvalue weighted by atomic mass is 10.1. The molecule has 0 aliphatic rings. The van der Waals surface area contributed by atoms with Crippen LogP contribution in [0, 0.1) is 19.7 Å². The second-order valence-corrected chi connectivity index (χ2v) is 4.94. The maximum absolute atomic E-state index is 13.3. The van der Waals surface area contributed by atoms with E-state index in [1.807, 2.05) is 26.0 Å². The van der Waals surface area contributed by atoms with E-state index >= 15 is 0 Å². The minimum Gasteiger partial charge on any atom is -0.456 e. The van der Waals surface area contributed by atoms with Crippen molar-refractivity contribution in [3.05, 3.63) is 69.6 Å². The van der Waals surface area contributed by atoms with Crippen molar-refractivity contribution in [1.29, 1.82) is 0 Å². The van der Waals surface area contributed by atoms with E-state index in [1.165, 1.54) is 18.2 Å². The van der Waals surface area contributed by atoms with Crippen LogP contribution in [0.5, 0.6) is 0 Å². The molecule has 0 saturated carbocycles. The van der Waals surface area contributed by atoms with Gasteiger partial charge in [0, 0.05) is 11.6 Å². The third-order valence-electron chi connectivity index (χ3n) is 3.28. The summed E-state index contributed by atoms with van der Waals surface area (Å²) in [6.45, 7) is 3.83. The van der Waals surface area contributed by atoms with E-state index in [4.69, 9.17) is 4.42 Å². The van der Waals surface area contributed by atoms with Gasteiger partial charge in [-0.25, -0.2) is 4.39 Å². The lowest BCUT2D eigenvalue weighted by Crippen LogP contribution is -2.02. The fourth-order valence-corrected chi connectivity index (χ4v) is 2.45. The second-order valence-electron chi connectivity index (χ2n) is 4.94. The van der Waals surface area contributed by atoms with E-state index in [9.17, 15) is 9.18 Å². The van der Waals surface area contributed by atoms with E-state index in [-0.39, 0.29) is 11.2 Å². The Morgan fingerprint density at radius 2 is 1.85 bits per heavy atom. The molecule has 20 heavy (non-hydrogen) atoms. The van der Waals surface area contributed by atoms with Crippen molar-refractivity contribution in [2.75, 3.05) is 0 Å². The number of hydrogen-bond donors (Lipinski definition) is 0. The highest BCUT2D eigenvalue weighted by atomic mass is 19.1. The molecule has 0 spiro atoms. The lowest BCUT2D eigenvalue weighted by molar-refractivity contribution is 0.610. The summed E-state index contributed by atoms with van der Waals surface area (Å²) in [6, 6.07) is 11.2. The number of aryl methyl sites for hydroxylation is 2. The number of fused-ring (bicyclic) bond motifs is 1. The summed E-state index contributed by atoms with van der Waals surface area (Å²) in [5, 5.41) is 0.579. The molecule has 3 heteroatoms. The molecular formula is C17H13FO2. The summed E-state index contributed by atoms with van der Waals surface area (Å²) < 4.78 is 19.1. The SMILES string of the molecule is Cc1cc(C)c2c(=O)cc(-c3cccc(F)c3)oc2c1. The third-order valence-corrected chi connectivity index (χ3v) is 3.28. The van der Waals surface area contributed by atoms with Gasteiger partial charge < -0.3 is 4.42 Å². The predicted octanol–water partition coefficient (Wildman–Crippen LogP) is 4.22. The third kappa shape index (κ3) is 2.11. The van der Waals surface area contributed by atoms with Gasteiger partial charge in [-0.1, -0.05) is 18.2 Å². The highest BCUT2D eigenvalue weighted by Gasteiger charge is 2.10. The van der Waals surface area contributed by atoms with Gasteiger partial charge in [-0.2, -0.15) is 0 Å². The van der Waals surface area contributed by atoms with Crippen LogP contribution >= 0.6 is 0 Å². The molecule has 0 radical (unpaired) electrons. The van der Waals surface area contributed by atoms with Crippen molar-refractivity contribution in [2.45, 2.75) is 13.8 Å². The predicted molar refractivity (Wildman–Crippen MR) is 77.4 cm³/mol. The van der Waals surface area contributed by atoms with E-state index < -0.39 is 0 Å². The maximum Gasteiger partial charge on any atom is 0.193 e. The highest BCUT2D eigenvalue weighted by Crippen LogP contribution is 2.25. The molecule has 2 nitrogen and oxygen atoms in total. The molecule has 0 atom stereocenters. The molecule has 0 N–H and O–H groups in total. The Bertz CT molecular complexity index is 862. The first-order valence-corrected chi connectivity index (χ1v) is 6.35. The number of benzene rings is 2. The number of rotatable bonds is 1. The fraction of sp³-hybridized carbons (Fsp3) is 0.118. The van der Waals surface area contributed by atoms with Crippen LogP contribution in [0.4, 0.5) is 4.39 Å². The molecule has 2 aromatic carbocycles. The quantitative estimate of drug-likeness (QED) is 0.661. The molecule has 0 saturated heterocycles. The second kappa shape index (κ2) is 4.60. The zero-order valence-electron chi connectivity index (χ0n) is 11.2. The maximum atomic E-state index is 13.3. The Kier molecular flexibility index (Phi) is 2.90. The summed E-state index contributed by atoms with van der Waals surface area (Å²) in [4.78, 5) is 12.2. The van der Waals surface area contributed by atoms with Gasteiger partial charge in [0.25, 0.3) is 0 Å². The molecule has 0 aliphatic carbocycles. The van der Waals surface area contributed by atoms with Gasteiger partial charge >= 0.3 is 0 Å². The molecule has 1 heterocycles. The molecule has 3 aromatic rings. The Balaban J connectivity index is 2.32. The topological polar surface area (TPSA) is 30.2 Å². The Morgan fingerprint density at radius 1 is 1.05 bits per heavy atom. The van der Waals surface area contributed by atoms with Gasteiger partial charge in [0.15, 0.2) is 5.43 Å². The van der Waals surface area contributed by atoms with Crippen molar-refractivity contribution >= 4 is 11.0 Å². The fourth-order valence-electron chi connectivity index (χ4n) is 2.45. The van der Waals surface area contributed by atoms with E-state index in [0.717, 1.165) is 11.1 Å².